The van der Waals surface area contributed by atoms with E-state index in [9.17, 15) is 4.79 Å². The monoisotopic (exact) mass is 413 g/mol. The minimum atomic E-state index is -0.527. The Morgan fingerprint density at radius 1 is 1.14 bits per heavy atom. The van der Waals surface area contributed by atoms with Gasteiger partial charge in [-0.15, -0.1) is 0 Å². The average Bonchev–Trinajstić information content (AvgIpc) is 3.26. The average molecular weight is 414 g/mol. The minimum absolute atomic E-state index is 0.346. The molecule has 0 saturated heterocycles. The van der Waals surface area contributed by atoms with Gasteiger partial charge in [0.15, 0.2) is 11.5 Å². The van der Waals surface area contributed by atoms with E-state index >= 15 is 0 Å². The Balaban J connectivity index is 1.53. The molecule has 1 aliphatic rings. The molecule has 0 fully saturated rings. The van der Waals surface area contributed by atoms with Crippen molar-refractivity contribution in [2.75, 3.05) is 13.2 Å². The zero-order valence-corrected chi connectivity index (χ0v) is 16.6. The van der Waals surface area contributed by atoms with Crippen LogP contribution in [0, 0.1) is 0 Å². The number of benzene rings is 2. The molecular formula is C21H20ClN3O4. The van der Waals surface area contributed by atoms with Gasteiger partial charge in [-0.2, -0.15) is 5.10 Å². The van der Waals surface area contributed by atoms with Gasteiger partial charge in [-0.3, -0.25) is 4.79 Å². The van der Waals surface area contributed by atoms with Crippen LogP contribution in [-0.4, -0.2) is 33.9 Å². The molecule has 0 N–H and O–H groups in total. The summed E-state index contributed by atoms with van der Waals surface area (Å²) >= 11 is 6.00. The van der Waals surface area contributed by atoms with E-state index in [1.165, 1.54) is 6.33 Å². The van der Waals surface area contributed by atoms with Gasteiger partial charge in [-0.25, -0.2) is 9.67 Å². The number of ether oxygens (including phenoxy) is 3. The molecule has 150 valence electrons. The minimum Gasteiger partial charge on any atom is -0.486 e. The van der Waals surface area contributed by atoms with E-state index in [4.69, 9.17) is 25.8 Å². The number of rotatable bonds is 6. The second-order valence-electron chi connectivity index (χ2n) is 6.72. The van der Waals surface area contributed by atoms with E-state index in [1.807, 2.05) is 37.3 Å². The van der Waals surface area contributed by atoms with Crippen LogP contribution in [0.4, 0.5) is 0 Å². The molecule has 2 unspecified atom stereocenters. The fraction of sp³-hybridized carbons (Fsp3) is 0.286. The molecule has 0 amide bonds. The predicted octanol–water partition coefficient (Wildman–Crippen LogP) is 3.79. The number of fused-ring (bicyclic) bond motifs is 1. The third-order valence-corrected chi connectivity index (χ3v) is 4.99. The third kappa shape index (κ3) is 4.51. The van der Waals surface area contributed by atoms with Crippen molar-refractivity contribution in [2.24, 2.45) is 0 Å². The van der Waals surface area contributed by atoms with E-state index in [-0.39, 0.29) is 5.97 Å². The predicted molar refractivity (Wildman–Crippen MR) is 106 cm³/mol. The SMILES string of the molecule is CC(C(=O)OC(Cn1cncn1)c1ccc(Cl)cc1)c1ccc2c(c1)OCCO2. The summed E-state index contributed by atoms with van der Waals surface area (Å²) in [7, 11) is 0. The Bertz CT molecular complexity index is 976. The summed E-state index contributed by atoms with van der Waals surface area (Å²) in [5.74, 6) is 0.508. The fourth-order valence-electron chi connectivity index (χ4n) is 3.09. The molecule has 8 heteroatoms. The molecule has 4 rings (SSSR count). The topological polar surface area (TPSA) is 75.5 Å². The maximum Gasteiger partial charge on any atom is 0.313 e. The highest BCUT2D eigenvalue weighted by atomic mass is 35.5. The van der Waals surface area contributed by atoms with Gasteiger partial charge in [0, 0.05) is 5.02 Å². The summed E-state index contributed by atoms with van der Waals surface area (Å²) in [4.78, 5) is 16.9. The van der Waals surface area contributed by atoms with Crippen LogP contribution >= 0.6 is 11.6 Å². The van der Waals surface area contributed by atoms with E-state index in [0.29, 0.717) is 36.3 Å². The van der Waals surface area contributed by atoms with Gasteiger partial charge >= 0.3 is 5.97 Å². The van der Waals surface area contributed by atoms with E-state index in [0.717, 1.165) is 11.1 Å². The van der Waals surface area contributed by atoms with Crippen molar-refractivity contribution < 1.29 is 19.0 Å². The lowest BCUT2D eigenvalue weighted by atomic mass is 10.0. The number of esters is 1. The summed E-state index contributed by atoms with van der Waals surface area (Å²) in [6.07, 6.45) is 2.50. The summed E-state index contributed by atoms with van der Waals surface area (Å²) < 4.78 is 18.7. The van der Waals surface area contributed by atoms with Crippen molar-refractivity contribution in [3.8, 4) is 11.5 Å². The highest BCUT2D eigenvalue weighted by Gasteiger charge is 2.25. The maximum atomic E-state index is 12.9. The number of nitrogens with zero attached hydrogens (tertiary/aromatic N) is 3. The lowest BCUT2D eigenvalue weighted by molar-refractivity contribution is -0.151. The second kappa shape index (κ2) is 8.53. The van der Waals surface area contributed by atoms with Crippen LogP contribution in [0.1, 0.15) is 30.1 Å². The molecule has 0 aliphatic carbocycles. The molecule has 1 aromatic heterocycles. The second-order valence-corrected chi connectivity index (χ2v) is 7.16. The zero-order chi connectivity index (χ0) is 20.2. The number of halogens is 1. The first-order chi connectivity index (χ1) is 14.1. The molecule has 2 aromatic carbocycles. The summed E-state index contributed by atoms with van der Waals surface area (Å²) in [5, 5.41) is 4.73. The van der Waals surface area contributed by atoms with Crippen LogP contribution in [0.5, 0.6) is 11.5 Å². The van der Waals surface area contributed by atoms with Gasteiger partial charge < -0.3 is 14.2 Å². The molecule has 0 radical (unpaired) electrons. The van der Waals surface area contributed by atoms with E-state index < -0.39 is 12.0 Å². The summed E-state index contributed by atoms with van der Waals surface area (Å²) in [5.41, 5.74) is 1.63. The molecule has 2 heterocycles. The Morgan fingerprint density at radius 3 is 2.59 bits per heavy atom. The van der Waals surface area contributed by atoms with Crippen LogP contribution in [-0.2, 0) is 16.1 Å². The number of aromatic nitrogens is 3. The van der Waals surface area contributed by atoms with Gasteiger partial charge in [-0.05, 0) is 42.3 Å². The van der Waals surface area contributed by atoms with Crippen molar-refractivity contribution in [1.29, 1.82) is 0 Å². The standard InChI is InChI=1S/C21H20ClN3O4/c1-14(16-4-7-18-19(10-16)28-9-8-27-18)21(26)29-20(11-25-13-23-12-24-25)15-2-5-17(22)6-3-15/h2-7,10,12-14,20H,8-9,11H2,1H3. The van der Waals surface area contributed by atoms with Gasteiger partial charge in [0.1, 0.15) is 32.0 Å². The first-order valence-electron chi connectivity index (χ1n) is 9.28. The molecule has 3 aromatic rings. The number of carbonyl (C=O) groups excluding carboxylic acids is 1. The van der Waals surface area contributed by atoms with Gasteiger partial charge in [-0.1, -0.05) is 29.8 Å². The van der Waals surface area contributed by atoms with Crippen molar-refractivity contribution >= 4 is 17.6 Å². The Kier molecular flexibility index (Phi) is 5.67. The van der Waals surface area contributed by atoms with Crippen molar-refractivity contribution in [2.45, 2.75) is 25.5 Å². The Morgan fingerprint density at radius 2 is 1.86 bits per heavy atom. The summed E-state index contributed by atoms with van der Waals surface area (Å²) in [6, 6.07) is 12.7. The Hall–Kier alpha value is -3.06. The normalized spacial score (nSPS) is 14.8. The van der Waals surface area contributed by atoms with Crippen LogP contribution in [0.25, 0.3) is 0 Å². The first kappa shape index (κ1) is 19.3. The molecule has 7 nitrogen and oxygen atoms in total. The van der Waals surface area contributed by atoms with Gasteiger partial charge in [0.2, 0.25) is 0 Å². The van der Waals surface area contributed by atoms with Crippen LogP contribution in [0.2, 0.25) is 5.02 Å². The van der Waals surface area contributed by atoms with Crippen molar-refractivity contribution in [1.82, 2.24) is 14.8 Å². The van der Waals surface area contributed by atoms with Gasteiger partial charge in [0.25, 0.3) is 0 Å². The summed E-state index contributed by atoms with van der Waals surface area (Å²) in [6.45, 7) is 3.17. The molecule has 0 bridgehead atoms. The number of hydrogen-bond acceptors (Lipinski definition) is 6. The molecular weight excluding hydrogens is 394 g/mol. The van der Waals surface area contributed by atoms with Crippen LogP contribution in [0.15, 0.2) is 55.1 Å². The quantitative estimate of drug-likeness (QED) is 0.572. The maximum absolute atomic E-state index is 12.9. The smallest absolute Gasteiger partial charge is 0.313 e. The molecule has 0 saturated carbocycles. The van der Waals surface area contributed by atoms with Gasteiger partial charge in [0.05, 0.1) is 12.5 Å². The third-order valence-electron chi connectivity index (χ3n) is 4.74. The molecule has 0 spiro atoms. The Labute approximate surface area is 173 Å². The zero-order valence-electron chi connectivity index (χ0n) is 15.8. The first-order valence-corrected chi connectivity index (χ1v) is 9.66. The van der Waals surface area contributed by atoms with E-state index in [1.54, 1.807) is 23.1 Å². The lowest BCUT2D eigenvalue weighted by Gasteiger charge is -2.22. The number of hydrogen-bond donors (Lipinski definition) is 0. The van der Waals surface area contributed by atoms with E-state index in [2.05, 4.69) is 10.1 Å². The highest BCUT2D eigenvalue weighted by molar-refractivity contribution is 6.30. The fourth-order valence-corrected chi connectivity index (χ4v) is 3.22. The highest BCUT2D eigenvalue weighted by Crippen LogP contribution is 2.34. The number of carbonyl (C=O) groups is 1. The largest absolute Gasteiger partial charge is 0.486 e. The molecule has 2 atom stereocenters. The molecule has 29 heavy (non-hydrogen) atoms. The van der Waals surface area contributed by atoms with Crippen molar-refractivity contribution in [3.05, 3.63) is 71.3 Å². The molecule has 1 aliphatic heterocycles. The van der Waals surface area contributed by atoms with Crippen LogP contribution < -0.4 is 9.47 Å². The van der Waals surface area contributed by atoms with Crippen molar-refractivity contribution in [3.63, 3.8) is 0 Å². The lowest BCUT2D eigenvalue weighted by Crippen LogP contribution is -2.21. The van der Waals surface area contributed by atoms with Crippen LogP contribution in [0.3, 0.4) is 0 Å².